The van der Waals surface area contributed by atoms with Crippen molar-refractivity contribution < 1.29 is 4.52 Å². The van der Waals surface area contributed by atoms with Crippen LogP contribution in [-0.4, -0.2) is 20.3 Å². The van der Waals surface area contributed by atoms with E-state index in [1.165, 1.54) is 11.1 Å². The summed E-state index contributed by atoms with van der Waals surface area (Å²) in [6.07, 6.45) is 0. The summed E-state index contributed by atoms with van der Waals surface area (Å²) in [4.78, 5) is 4.45. The molecule has 3 aromatic rings. The van der Waals surface area contributed by atoms with E-state index in [4.69, 9.17) is 4.52 Å². The van der Waals surface area contributed by atoms with Crippen molar-refractivity contribution in [2.45, 2.75) is 66.1 Å². The third-order valence-corrected chi connectivity index (χ3v) is 7.10. The molecule has 0 atom stereocenters. The van der Waals surface area contributed by atoms with Gasteiger partial charge in [-0.2, -0.15) is 4.98 Å². The van der Waals surface area contributed by atoms with Gasteiger partial charge in [-0.05, 0) is 17.0 Å². The second kappa shape index (κ2) is 8.75. The standard InChI is InChI=1S/C19H24N4OS3/c1-12(2)14-8-6-13(7-9-14)10-25-17-21-22-18(27-17)26-11-15-20-16(23-24-15)19(3,4)5/h6-9,12H,10-11H2,1-5H3. The van der Waals surface area contributed by atoms with Gasteiger partial charge in [-0.3, -0.25) is 0 Å². The Balaban J connectivity index is 1.50. The van der Waals surface area contributed by atoms with Crippen LogP contribution in [0.4, 0.5) is 0 Å². The van der Waals surface area contributed by atoms with E-state index in [1.807, 2.05) is 0 Å². The zero-order valence-electron chi connectivity index (χ0n) is 16.2. The SMILES string of the molecule is CC(C)c1ccc(CSc2nnc(SCc3nc(C(C)(C)C)no3)s2)cc1. The number of thioether (sulfide) groups is 2. The molecule has 0 aliphatic rings. The van der Waals surface area contributed by atoms with E-state index in [0.29, 0.717) is 17.6 Å². The van der Waals surface area contributed by atoms with Crippen LogP contribution in [0.25, 0.3) is 0 Å². The molecule has 27 heavy (non-hydrogen) atoms. The predicted octanol–water partition coefficient (Wildman–Crippen LogP) is 5.93. The number of hydrogen-bond donors (Lipinski definition) is 0. The Morgan fingerprint density at radius 1 is 1.00 bits per heavy atom. The molecule has 3 rings (SSSR count). The van der Waals surface area contributed by atoms with E-state index in [2.05, 4.69) is 79.2 Å². The summed E-state index contributed by atoms with van der Waals surface area (Å²) in [5, 5.41) is 12.6. The number of hydrogen-bond acceptors (Lipinski definition) is 8. The van der Waals surface area contributed by atoms with Crippen molar-refractivity contribution >= 4 is 34.9 Å². The number of aromatic nitrogens is 4. The van der Waals surface area contributed by atoms with Crippen LogP contribution in [0, 0.1) is 0 Å². The third kappa shape index (κ3) is 5.80. The molecule has 144 valence electrons. The average molecular weight is 421 g/mol. The first-order valence-corrected chi connectivity index (χ1v) is 11.6. The van der Waals surface area contributed by atoms with Gasteiger partial charge in [0.25, 0.3) is 0 Å². The van der Waals surface area contributed by atoms with Crippen LogP contribution >= 0.6 is 34.9 Å². The van der Waals surface area contributed by atoms with E-state index >= 15 is 0 Å². The fourth-order valence-electron chi connectivity index (χ4n) is 2.20. The van der Waals surface area contributed by atoms with Crippen molar-refractivity contribution in [3.63, 3.8) is 0 Å². The highest BCUT2D eigenvalue weighted by atomic mass is 32.2. The van der Waals surface area contributed by atoms with E-state index in [0.717, 1.165) is 20.3 Å². The lowest BCUT2D eigenvalue weighted by Gasteiger charge is -2.10. The van der Waals surface area contributed by atoms with Crippen LogP contribution in [0.2, 0.25) is 0 Å². The summed E-state index contributed by atoms with van der Waals surface area (Å²) in [5.41, 5.74) is 2.56. The zero-order valence-corrected chi connectivity index (χ0v) is 18.7. The minimum atomic E-state index is -0.105. The predicted molar refractivity (Wildman–Crippen MR) is 113 cm³/mol. The smallest absolute Gasteiger partial charge is 0.237 e. The third-order valence-electron chi connectivity index (χ3n) is 3.85. The number of nitrogens with zero attached hydrogens (tertiary/aromatic N) is 4. The Hall–Kier alpha value is -1.38. The second-order valence-electron chi connectivity index (χ2n) is 7.57. The highest BCUT2D eigenvalue weighted by molar-refractivity contribution is 8.02. The quantitative estimate of drug-likeness (QED) is 0.439. The van der Waals surface area contributed by atoms with Crippen molar-refractivity contribution in [2.24, 2.45) is 0 Å². The molecular weight excluding hydrogens is 396 g/mol. The van der Waals surface area contributed by atoms with Crippen LogP contribution in [0.5, 0.6) is 0 Å². The lowest BCUT2D eigenvalue weighted by atomic mass is 9.96. The lowest BCUT2D eigenvalue weighted by molar-refractivity contribution is 0.373. The van der Waals surface area contributed by atoms with E-state index < -0.39 is 0 Å². The molecule has 0 saturated heterocycles. The molecule has 0 aliphatic carbocycles. The molecule has 0 N–H and O–H groups in total. The van der Waals surface area contributed by atoms with Crippen LogP contribution in [0.3, 0.4) is 0 Å². The highest BCUT2D eigenvalue weighted by Crippen LogP contribution is 2.32. The Bertz CT molecular complexity index is 866. The van der Waals surface area contributed by atoms with Gasteiger partial charge in [0.1, 0.15) is 0 Å². The molecule has 0 unspecified atom stereocenters. The minimum absolute atomic E-state index is 0.105. The summed E-state index contributed by atoms with van der Waals surface area (Å²) in [6, 6.07) is 8.80. The highest BCUT2D eigenvalue weighted by Gasteiger charge is 2.21. The Labute approximate surface area is 172 Å². The summed E-state index contributed by atoms with van der Waals surface area (Å²) in [5.74, 6) is 3.43. The van der Waals surface area contributed by atoms with Gasteiger partial charge in [-0.25, -0.2) is 0 Å². The van der Waals surface area contributed by atoms with Crippen LogP contribution in [0.15, 0.2) is 37.5 Å². The maximum Gasteiger partial charge on any atom is 0.237 e. The zero-order chi connectivity index (χ0) is 19.4. The van der Waals surface area contributed by atoms with Gasteiger partial charge in [0.05, 0.1) is 5.75 Å². The molecule has 8 heteroatoms. The molecule has 0 spiro atoms. The average Bonchev–Trinajstić information content (AvgIpc) is 3.27. The molecule has 5 nitrogen and oxygen atoms in total. The van der Waals surface area contributed by atoms with Crippen molar-refractivity contribution in [3.8, 4) is 0 Å². The second-order valence-corrected chi connectivity index (χ2v) is 11.0. The van der Waals surface area contributed by atoms with Crippen molar-refractivity contribution in [1.29, 1.82) is 0 Å². The van der Waals surface area contributed by atoms with Gasteiger partial charge in [-0.1, -0.05) is 98.9 Å². The first kappa shape index (κ1) is 20.4. The molecule has 0 radical (unpaired) electrons. The van der Waals surface area contributed by atoms with Crippen molar-refractivity contribution in [1.82, 2.24) is 20.3 Å². The fourth-order valence-corrected chi connectivity index (χ4v) is 5.01. The first-order valence-electron chi connectivity index (χ1n) is 8.82. The maximum absolute atomic E-state index is 5.32. The summed E-state index contributed by atoms with van der Waals surface area (Å²) < 4.78 is 7.22. The molecule has 2 heterocycles. The van der Waals surface area contributed by atoms with Gasteiger partial charge in [-0.15, -0.1) is 10.2 Å². The van der Waals surface area contributed by atoms with Crippen molar-refractivity contribution in [2.75, 3.05) is 0 Å². The molecule has 0 saturated carbocycles. The molecule has 0 amide bonds. The topological polar surface area (TPSA) is 64.7 Å². The Kier molecular flexibility index (Phi) is 6.60. The normalized spacial score (nSPS) is 12.1. The molecule has 0 aliphatic heterocycles. The van der Waals surface area contributed by atoms with Crippen LogP contribution < -0.4 is 0 Å². The monoisotopic (exact) mass is 420 g/mol. The molecule has 0 bridgehead atoms. The number of rotatable bonds is 7. The lowest BCUT2D eigenvalue weighted by Crippen LogP contribution is -2.13. The maximum atomic E-state index is 5.32. The van der Waals surface area contributed by atoms with E-state index in [9.17, 15) is 0 Å². The minimum Gasteiger partial charge on any atom is -0.338 e. The molecule has 1 aromatic carbocycles. The summed E-state index contributed by atoms with van der Waals surface area (Å²) in [7, 11) is 0. The molecule has 0 fully saturated rings. The first-order chi connectivity index (χ1) is 12.8. The van der Waals surface area contributed by atoms with Gasteiger partial charge in [0, 0.05) is 11.2 Å². The van der Waals surface area contributed by atoms with Crippen molar-refractivity contribution in [3.05, 3.63) is 47.1 Å². The molecule has 2 aromatic heterocycles. The van der Waals surface area contributed by atoms with Gasteiger partial charge < -0.3 is 4.52 Å². The number of benzene rings is 1. The van der Waals surface area contributed by atoms with Crippen LogP contribution in [-0.2, 0) is 16.9 Å². The van der Waals surface area contributed by atoms with Crippen LogP contribution in [0.1, 0.15) is 63.4 Å². The fraction of sp³-hybridized carbons (Fsp3) is 0.474. The molecular formula is C19H24N4OS3. The Morgan fingerprint density at radius 3 is 2.19 bits per heavy atom. The van der Waals surface area contributed by atoms with Gasteiger partial charge >= 0.3 is 0 Å². The Morgan fingerprint density at radius 2 is 1.63 bits per heavy atom. The summed E-state index contributed by atoms with van der Waals surface area (Å²) in [6.45, 7) is 10.6. The summed E-state index contributed by atoms with van der Waals surface area (Å²) >= 11 is 4.90. The van der Waals surface area contributed by atoms with E-state index in [1.54, 1.807) is 34.9 Å². The largest absolute Gasteiger partial charge is 0.338 e. The van der Waals surface area contributed by atoms with E-state index in [-0.39, 0.29) is 5.41 Å². The van der Waals surface area contributed by atoms with Gasteiger partial charge in [0.15, 0.2) is 14.5 Å². The van der Waals surface area contributed by atoms with Gasteiger partial charge in [0.2, 0.25) is 5.89 Å².